The summed E-state index contributed by atoms with van der Waals surface area (Å²) in [5, 5.41) is -0.239. The number of carbonyl (C=O) groups excluding carboxylic acids is 4. The van der Waals surface area contributed by atoms with E-state index in [1.165, 1.54) is 23.5 Å². The molecule has 1 heterocycles. The number of carbonyl (C=O) groups is 4. The minimum Gasteiger partial charge on any atom is -0.299 e. The molecule has 1 saturated heterocycles. The van der Waals surface area contributed by atoms with Crippen molar-refractivity contribution in [2.75, 3.05) is 19.2 Å². The van der Waals surface area contributed by atoms with E-state index in [9.17, 15) is 19.2 Å². The summed E-state index contributed by atoms with van der Waals surface area (Å²) in [6, 6.07) is 0. The van der Waals surface area contributed by atoms with Crippen LogP contribution in [0.1, 0.15) is 19.3 Å². The van der Waals surface area contributed by atoms with Gasteiger partial charge >= 0.3 is 0 Å². The van der Waals surface area contributed by atoms with E-state index in [1.807, 2.05) is 12.5 Å². The lowest BCUT2D eigenvalue weighted by Gasteiger charge is -2.09. The first kappa shape index (κ1) is 17.9. The maximum atomic E-state index is 11.3. The third-order valence-corrected chi connectivity index (χ3v) is 5.09. The number of ketones is 2. The minimum absolute atomic E-state index is 0.0301. The Bertz CT molecular complexity index is 467. The van der Waals surface area contributed by atoms with Crippen LogP contribution in [0.5, 0.6) is 0 Å². The molecule has 0 N–H and O–H groups in total. The molecule has 2 amide bonds. The van der Waals surface area contributed by atoms with Crippen LogP contribution in [0.25, 0.3) is 0 Å². The zero-order chi connectivity index (χ0) is 16.0. The second kappa shape index (κ2) is 8.33. The molecular weight excluding hydrogens is 312 g/mol. The van der Waals surface area contributed by atoms with Crippen LogP contribution < -0.4 is 0 Å². The summed E-state index contributed by atoms with van der Waals surface area (Å²) in [7, 11) is 0. The molecule has 116 valence electrons. The maximum Gasteiger partial charge on any atom is 0.244 e. The highest BCUT2D eigenvalue weighted by Gasteiger charge is 2.37. The van der Waals surface area contributed by atoms with Crippen LogP contribution in [0, 0.1) is 0 Å². The molecular formula is C13H18N2O4S2. The number of likely N-dealkylation sites (tertiary alicyclic amines) is 1. The van der Waals surface area contributed by atoms with Gasteiger partial charge in [-0.2, -0.15) is 23.5 Å². The average Bonchev–Trinajstić information content (AvgIpc) is 2.92. The van der Waals surface area contributed by atoms with Crippen LogP contribution >= 0.6 is 23.5 Å². The normalized spacial score (nSPS) is 25.1. The van der Waals surface area contributed by atoms with Gasteiger partial charge in [0.25, 0.3) is 0 Å². The molecule has 2 aliphatic rings. The largest absolute Gasteiger partial charge is 0.299 e. The van der Waals surface area contributed by atoms with Gasteiger partial charge in [0, 0.05) is 12.8 Å². The number of hydrogen-bond acceptors (Lipinski definition) is 7. The molecule has 0 bridgehead atoms. The smallest absolute Gasteiger partial charge is 0.244 e. The van der Waals surface area contributed by atoms with E-state index in [4.69, 9.17) is 0 Å². The lowest BCUT2D eigenvalue weighted by atomic mass is 10.3. The zero-order valence-electron chi connectivity index (χ0n) is 12.0. The molecule has 21 heavy (non-hydrogen) atoms. The van der Waals surface area contributed by atoms with Crippen LogP contribution in [0.4, 0.5) is 0 Å². The second-order valence-electron chi connectivity index (χ2n) is 4.56. The highest BCUT2D eigenvalue weighted by molar-refractivity contribution is 8.00. The van der Waals surface area contributed by atoms with E-state index in [0.717, 1.165) is 4.90 Å². The SMILES string of the molecule is C=NCN1C(=O)CC(SC)C1=O.CSC1CC(=O)CC1=O. The molecule has 2 unspecified atom stereocenters. The van der Waals surface area contributed by atoms with E-state index < -0.39 is 0 Å². The molecule has 6 nitrogen and oxygen atoms in total. The number of rotatable bonds is 4. The Balaban J connectivity index is 0.000000219. The first-order valence-corrected chi connectivity index (χ1v) is 8.88. The topological polar surface area (TPSA) is 83.9 Å². The lowest BCUT2D eigenvalue weighted by molar-refractivity contribution is -0.138. The number of hydrogen-bond donors (Lipinski definition) is 0. The predicted molar refractivity (Wildman–Crippen MR) is 84.7 cm³/mol. The second-order valence-corrected chi connectivity index (χ2v) is 6.64. The van der Waals surface area contributed by atoms with Crippen molar-refractivity contribution in [2.24, 2.45) is 4.99 Å². The summed E-state index contributed by atoms with van der Waals surface area (Å²) in [5.74, 6) is -0.0847. The van der Waals surface area contributed by atoms with Crippen LogP contribution in [0.2, 0.25) is 0 Å². The Kier molecular flexibility index (Phi) is 7.10. The molecule has 0 aromatic carbocycles. The van der Waals surface area contributed by atoms with Crippen LogP contribution in [0.3, 0.4) is 0 Å². The lowest BCUT2D eigenvalue weighted by Crippen LogP contribution is -2.31. The number of aliphatic imine (C=N–C) groups is 1. The van der Waals surface area contributed by atoms with Gasteiger partial charge in [-0.15, -0.1) is 0 Å². The van der Waals surface area contributed by atoms with Gasteiger partial charge in [-0.05, 0) is 19.2 Å². The highest BCUT2D eigenvalue weighted by Crippen LogP contribution is 2.22. The van der Waals surface area contributed by atoms with Gasteiger partial charge in [-0.3, -0.25) is 29.1 Å². The Morgan fingerprint density at radius 1 is 1.14 bits per heavy atom. The molecule has 2 rings (SSSR count). The highest BCUT2D eigenvalue weighted by atomic mass is 32.2. The van der Waals surface area contributed by atoms with Crippen LogP contribution in [-0.2, 0) is 19.2 Å². The summed E-state index contributed by atoms with van der Waals surface area (Å²) >= 11 is 2.87. The molecule has 1 aliphatic carbocycles. The van der Waals surface area contributed by atoms with Gasteiger partial charge in [0.05, 0.1) is 16.9 Å². The van der Waals surface area contributed by atoms with Crippen molar-refractivity contribution in [1.82, 2.24) is 4.90 Å². The summed E-state index contributed by atoms with van der Waals surface area (Å²) in [6.07, 6.45) is 4.61. The Morgan fingerprint density at radius 2 is 1.76 bits per heavy atom. The number of Topliss-reactive ketones (excluding diaryl/α,β-unsaturated/α-hetero) is 2. The van der Waals surface area contributed by atoms with Crippen molar-refractivity contribution >= 4 is 53.6 Å². The van der Waals surface area contributed by atoms with Crippen molar-refractivity contribution < 1.29 is 19.2 Å². The fraction of sp³-hybridized carbons (Fsp3) is 0.615. The molecule has 0 radical (unpaired) electrons. The average molecular weight is 330 g/mol. The molecule has 1 aliphatic heterocycles. The Labute approximate surface area is 132 Å². The van der Waals surface area contributed by atoms with E-state index >= 15 is 0 Å². The molecule has 8 heteroatoms. The van der Waals surface area contributed by atoms with E-state index in [1.54, 1.807) is 0 Å². The Morgan fingerprint density at radius 3 is 2.10 bits per heavy atom. The third-order valence-electron chi connectivity index (χ3n) is 3.16. The van der Waals surface area contributed by atoms with Crippen molar-refractivity contribution in [3.05, 3.63) is 0 Å². The van der Waals surface area contributed by atoms with Gasteiger partial charge in [0.2, 0.25) is 11.8 Å². The van der Waals surface area contributed by atoms with Crippen molar-refractivity contribution in [2.45, 2.75) is 29.8 Å². The fourth-order valence-corrected chi connectivity index (χ4v) is 3.34. The third kappa shape index (κ3) is 4.67. The number of amides is 2. The van der Waals surface area contributed by atoms with Crippen molar-refractivity contribution in [1.29, 1.82) is 0 Å². The molecule has 2 fully saturated rings. The number of thioether (sulfide) groups is 2. The van der Waals surface area contributed by atoms with Gasteiger partial charge in [-0.25, -0.2) is 0 Å². The zero-order valence-corrected chi connectivity index (χ0v) is 13.7. The van der Waals surface area contributed by atoms with Gasteiger partial charge in [0.1, 0.15) is 12.5 Å². The molecule has 0 spiro atoms. The van der Waals surface area contributed by atoms with Crippen molar-refractivity contribution in [3.8, 4) is 0 Å². The van der Waals surface area contributed by atoms with E-state index in [2.05, 4.69) is 11.7 Å². The van der Waals surface area contributed by atoms with Crippen LogP contribution in [-0.4, -0.2) is 64.7 Å². The van der Waals surface area contributed by atoms with Gasteiger partial charge < -0.3 is 0 Å². The number of nitrogens with zero attached hydrogens (tertiary/aromatic N) is 2. The van der Waals surface area contributed by atoms with Gasteiger partial charge in [0.15, 0.2) is 5.78 Å². The van der Waals surface area contributed by atoms with Gasteiger partial charge in [-0.1, -0.05) is 0 Å². The minimum atomic E-state index is -0.209. The van der Waals surface area contributed by atoms with E-state index in [-0.39, 0.29) is 47.0 Å². The fourth-order valence-electron chi connectivity index (χ4n) is 2.00. The number of imide groups is 1. The quantitative estimate of drug-likeness (QED) is 0.430. The predicted octanol–water partition coefficient (Wildman–Crippen LogP) is 0.785. The van der Waals surface area contributed by atoms with Crippen molar-refractivity contribution in [3.63, 3.8) is 0 Å². The summed E-state index contributed by atoms with van der Waals surface area (Å²) in [5.41, 5.74) is 0. The summed E-state index contributed by atoms with van der Waals surface area (Å²) < 4.78 is 0. The molecule has 2 atom stereocenters. The first-order chi connectivity index (χ1) is 9.94. The van der Waals surface area contributed by atoms with Crippen LogP contribution in [0.15, 0.2) is 4.99 Å². The molecule has 0 aromatic rings. The summed E-state index contributed by atoms with van der Waals surface area (Å²) in [4.78, 5) is 48.5. The Hall–Kier alpha value is -1.15. The summed E-state index contributed by atoms with van der Waals surface area (Å²) in [6.45, 7) is 3.33. The molecule has 0 aromatic heterocycles. The first-order valence-electron chi connectivity index (χ1n) is 6.31. The van der Waals surface area contributed by atoms with E-state index in [0.29, 0.717) is 12.8 Å². The monoisotopic (exact) mass is 330 g/mol. The maximum absolute atomic E-state index is 11.3. The standard InChI is InChI=1S/C7H10N2O2S.C6H8O2S/c1-8-4-9-6(10)3-5(12-2)7(9)11;1-9-6-3-4(7)2-5(6)8/h5H,1,3-4H2,2H3;6H,2-3H2,1H3. The molecule has 1 saturated carbocycles.